The van der Waals surface area contributed by atoms with Crippen molar-refractivity contribution in [3.05, 3.63) is 22.9 Å². The zero-order chi connectivity index (χ0) is 16.7. The fraction of sp³-hybridized carbons (Fsp3) is 0.667. The summed E-state index contributed by atoms with van der Waals surface area (Å²) in [5, 5.41) is 12.2. The zero-order valence-electron chi connectivity index (χ0n) is 14.2. The van der Waals surface area contributed by atoms with E-state index in [0.29, 0.717) is 18.7 Å². The third-order valence-electron chi connectivity index (χ3n) is 5.59. The SMILES string of the molecule is Cc1cc2c(nc1N1CCC(OCC3(CO)CC3)CC1)CNC2=O. The standard InChI is InChI=1S/C18H25N3O3/c1-12-8-14-15(9-19-17(14)23)20-16(12)21-6-2-13(3-7-21)24-11-18(10-22)4-5-18/h8,13,22H,2-7,9-11H2,1H3,(H,19,23). The van der Waals surface area contributed by atoms with E-state index in [1.54, 1.807) is 0 Å². The molecule has 2 fully saturated rings. The molecule has 0 aromatic carbocycles. The van der Waals surface area contributed by atoms with E-state index in [0.717, 1.165) is 55.8 Å². The van der Waals surface area contributed by atoms with Crippen LogP contribution in [-0.4, -0.2) is 48.4 Å². The van der Waals surface area contributed by atoms with Crippen LogP contribution in [0.5, 0.6) is 0 Å². The fourth-order valence-electron chi connectivity index (χ4n) is 3.61. The minimum Gasteiger partial charge on any atom is -0.396 e. The van der Waals surface area contributed by atoms with Crippen molar-refractivity contribution in [3.63, 3.8) is 0 Å². The van der Waals surface area contributed by atoms with Crippen molar-refractivity contribution in [2.45, 2.75) is 45.3 Å². The monoisotopic (exact) mass is 331 g/mol. The van der Waals surface area contributed by atoms with Crippen LogP contribution in [0.15, 0.2) is 6.07 Å². The molecular weight excluding hydrogens is 306 g/mol. The molecule has 0 radical (unpaired) electrons. The van der Waals surface area contributed by atoms with Crippen LogP contribution in [0.4, 0.5) is 5.82 Å². The third-order valence-corrected chi connectivity index (χ3v) is 5.59. The summed E-state index contributed by atoms with van der Waals surface area (Å²) in [5.41, 5.74) is 2.70. The second-order valence-electron chi connectivity index (χ2n) is 7.46. The first kappa shape index (κ1) is 15.8. The van der Waals surface area contributed by atoms with Crippen LogP contribution < -0.4 is 10.2 Å². The minimum absolute atomic E-state index is 0.0165. The van der Waals surface area contributed by atoms with Crippen molar-refractivity contribution in [1.29, 1.82) is 0 Å². The van der Waals surface area contributed by atoms with Crippen LogP contribution in [0, 0.1) is 12.3 Å². The fourth-order valence-corrected chi connectivity index (χ4v) is 3.61. The van der Waals surface area contributed by atoms with Crippen molar-refractivity contribution < 1.29 is 14.6 Å². The Morgan fingerprint density at radius 2 is 2.17 bits per heavy atom. The number of piperidine rings is 1. The molecule has 2 N–H and O–H groups in total. The van der Waals surface area contributed by atoms with E-state index in [4.69, 9.17) is 9.72 Å². The predicted octanol–water partition coefficient (Wildman–Crippen LogP) is 1.39. The maximum atomic E-state index is 11.7. The number of ether oxygens (including phenoxy) is 1. The molecule has 0 unspecified atom stereocenters. The number of rotatable bonds is 5. The Bertz CT molecular complexity index is 649. The first-order valence-electron chi connectivity index (χ1n) is 8.86. The van der Waals surface area contributed by atoms with Crippen LogP contribution in [0.25, 0.3) is 0 Å². The van der Waals surface area contributed by atoms with Gasteiger partial charge in [-0.05, 0) is 44.2 Å². The molecular formula is C18H25N3O3. The normalized spacial score (nSPS) is 22.4. The molecule has 6 nitrogen and oxygen atoms in total. The number of anilines is 1. The van der Waals surface area contributed by atoms with E-state index in [2.05, 4.69) is 10.2 Å². The number of hydrogen-bond donors (Lipinski definition) is 2. The van der Waals surface area contributed by atoms with Crippen molar-refractivity contribution in [3.8, 4) is 0 Å². The lowest BCUT2D eigenvalue weighted by atomic mass is 10.1. The van der Waals surface area contributed by atoms with Gasteiger partial charge in [-0.15, -0.1) is 0 Å². The van der Waals surface area contributed by atoms with E-state index in [9.17, 15) is 9.90 Å². The highest BCUT2D eigenvalue weighted by molar-refractivity contribution is 5.98. The Morgan fingerprint density at radius 3 is 2.83 bits per heavy atom. The largest absolute Gasteiger partial charge is 0.396 e. The lowest BCUT2D eigenvalue weighted by Gasteiger charge is -2.34. The molecule has 1 amide bonds. The molecule has 130 valence electrons. The smallest absolute Gasteiger partial charge is 0.253 e. The van der Waals surface area contributed by atoms with Gasteiger partial charge in [0.25, 0.3) is 5.91 Å². The molecule has 6 heteroatoms. The maximum Gasteiger partial charge on any atom is 0.253 e. The van der Waals surface area contributed by atoms with Gasteiger partial charge in [0.1, 0.15) is 5.82 Å². The molecule has 1 aromatic heterocycles. The summed E-state index contributed by atoms with van der Waals surface area (Å²) in [6.45, 7) is 5.34. The Hall–Kier alpha value is -1.66. The van der Waals surface area contributed by atoms with E-state index >= 15 is 0 Å². The first-order valence-corrected chi connectivity index (χ1v) is 8.86. The number of aryl methyl sites for hydroxylation is 1. The molecule has 2 aliphatic heterocycles. The van der Waals surface area contributed by atoms with Gasteiger partial charge in [-0.25, -0.2) is 4.98 Å². The van der Waals surface area contributed by atoms with Crippen LogP contribution in [0.3, 0.4) is 0 Å². The average molecular weight is 331 g/mol. The molecule has 1 aromatic rings. The Balaban J connectivity index is 1.37. The summed E-state index contributed by atoms with van der Waals surface area (Å²) in [5.74, 6) is 0.981. The van der Waals surface area contributed by atoms with E-state index in [1.807, 2.05) is 13.0 Å². The number of aromatic nitrogens is 1. The van der Waals surface area contributed by atoms with Crippen LogP contribution in [-0.2, 0) is 11.3 Å². The number of carbonyl (C=O) groups excluding carboxylic acids is 1. The van der Waals surface area contributed by atoms with Crippen molar-refractivity contribution in [1.82, 2.24) is 10.3 Å². The highest BCUT2D eigenvalue weighted by atomic mass is 16.5. The summed E-state index contributed by atoms with van der Waals surface area (Å²) < 4.78 is 6.04. The number of nitrogens with one attached hydrogen (secondary N) is 1. The van der Waals surface area contributed by atoms with Crippen molar-refractivity contribution in [2.75, 3.05) is 31.2 Å². The summed E-state index contributed by atoms with van der Waals surface area (Å²) in [4.78, 5) is 18.8. The molecule has 3 aliphatic rings. The van der Waals surface area contributed by atoms with Crippen LogP contribution in [0.1, 0.15) is 47.3 Å². The van der Waals surface area contributed by atoms with Crippen LogP contribution >= 0.6 is 0 Å². The Morgan fingerprint density at radius 1 is 1.42 bits per heavy atom. The lowest BCUT2D eigenvalue weighted by molar-refractivity contribution is -0.00460. The quantitative estimate of drug-likeness (QED) is 0.853. The molecule has 1 saturated heterocycles. The molecule has 0 spiro atoms. The highest BCUT2D eigenvalue weighted by Gasteiger charge is 2.43. The molecule has 4 rings (SSSR count). The van der Waals surface area contributed by atoms with Crippen molar-refractivity contribution >= 4 is 11.7 Å². The highest BCUT2D eigenvalue weighted by Crippen LogP contribution is 2.45. The van der Waals surface area contributed by atoms with Crippen molar-refractivity contribution in [2.24, 2.45) is 5.41 Å². The number of amides is 1. The number of pyridine rings is 1. The van der Waals surface area contributed by atoms with Gasteiger partial charge in [0.05, 0.1) is 37.1 Å². The van der Waals surface area contributed by atoms with Crippen LogP contribution in [0.2, 0.25) is 0 Å². The summed E-state index contributed by atoms with van der Waals surface area (Å²) in [6.07, 6.45) is 4.43. The van der Waals surface area contributed by atoms with E-state index in [1.165, 1.54) is 0 Å². The molecule has 0 bridgehead atoms. The van der Waals surface area contributed by atoms with Gasteiger partial charge in [0.2, 0.25) is 0 Å². The van der Waals surface area contributed by atoms with Gasteiger partial charge >= 0.3 is 0 Å². The lowest BCUT2D eigenvalue weighted by Crippen LogP contribution is -2.38. The first-order chi connectivity index (χ1) is 11.6. The maximum absolute atomic E-state index is 11.7. The number of fused-ring (bicyclic) bond motifs is 1. The summed E-state index contributed by atoms with van der Waals surface area (Å²) in [6, 6.07) is 1.96. The minimum atomic E-state index is -0.0165. The molecule has 1 saturated carbocycles. The average Bonchev–Trinajstić information content (AvgIpc) is 3.31. The zero-order valence-corrected chi connectivity index (χ0v) is 14.2. The number of aliphatic hydroxyl groups is 1. The van der Waals surface area contributed by atoms with Gasteiger partial charge in [-0.1, -0.05) is 0 Å². The molecule has 0 atom stereocenters. The topological polar surface area (TPSA) is 74.7 Å². The summed E-state index contributed by atoms with van der Waals surface area (Å²) in [7, 11) is 0. The van der Waals surface area contributed by atoms with Gasteiger partial charge < -0.3 is 20.1 Å². The van der Waals surface area contributed by atoms with Gasteiger partial charge in [-0.2, -0.15) is 0 Å². The van der Waals surface area contributed by atoms with E-state index in [-0.39, 0.29) is 24.0 Å². The third kappa shape index (κ3) is 2.89. The second-order valence-corrected chi connectivity index (χ2v) is 7.46. The molecule has 3 heterocycles. The second kappa shape index (κ2) is 6.01. The number of hydrogen-bond acceptors (Lipinski definition) is 5. The number of aliphatic hydroxyl groups excluding tert-OH is 1. The molecule has 1 aliphatic carbocycles. The Labute approximate surface area is 142 Å². The Kier molecular flexibility index (Phi) is 3.96. The number of nitrogens with zero attached hydrogens (tertiary/aromatic N) is 2. The molecule has 24 heavy (non-hydrogen) atoms. The predicted molar refractivity (Wildman–Crippen MR) is 90.1 cm³/mol. The number of carbonyl (C=O) groups is 1. The summed E-state index contributed by atoms with van der Waals surface area (Å²) >= 11 is 0. The van der Waals surface area contributed by atoms with Gasteiger partial charge in [0, 0.05) is 18.5 Å². The van der Waals surface area contributed by atoms with Gasteiger partial charge in [0.15, 0.2) is 0 Å². The van der Waals surface area contributed by atoms with E-state index < -0.39 is 0 Å². The van der Waals surface area contributed by atoms with Gasteiger partial charge in [-0.3, -0.25) is 4.79 Å².